The fourth-order valence-electron chi connectivity index (χ4n) is 2.11. The normalized spacial score (nSPS) is 18.1. The average molecular weight is 250 g/mol. The summed E-state index contributed by atoms with van der Waals surface area (Å²) in [6.07, 6.45) is 2.33. The van der Waals surface area contributed by atoms with E-state index in [1.165, 1.54) is 0 Å². The largest absolute Gasteiger partial charge is 0.409 e. The number of nitrogens with two attached hydrogens (primary N) is 1. The highest BCUT2D eigenvalue weighted by molar-refractivity contribution is 5.95. The fourth-order valence-corrected chi connectivity index (χ4v) is 2.11. The molecule has 18 heavy (non-hydrogen) atoms. The molecule has 0 amide bonds. The van der Waals surface area contributed by atoms with Crippen LogP contribution in [-0.4, -0.2) is 42.3 Å². The Morgan fingerprint density at radius 1 is 1.50 bits per heavy atom. The minimum absolute atomic E-state index is 0.0311. The SMILES string of the molecule is COC1CCN(c2cccc(C(N)=NO)n2)CC1. The number of nitrogens with zero attached hydrogens (tertiary/aromatic N) is 3. The monoisotopic (exact) mass is 250 g/mol. The van der Waals surface area contributed by atoms with E-state index < -0.39 is 0 Å². The topological polar surface area (TPSA) is 84.0 Å². The van der Waals surface area contributed by atoms with Gasteiger partial charge in [-0.1, -0.05) is 11.2 Å². The van der Waals surface area contributed by atoms with Gasteiger partial charge in [0, 0.05) is 20.2 Å². The summed E-state index contributed by atoms with van der Waals surface area (Å²) in [5.41, 5.74) is 6.02. The standard InChI is InChI=1S/C12H18N4O2/c1-18-9-5-7-16(8-6-9)11-4-2-3-10(14-11)12(13)15-17/h2-4,9,17H,5-8H2,1H3,(H2,13,15). The number of methoxy groups -OCH3 is 1. The molecule has 1 aliphatic rings. The molecule has 0 saturated carbocycles. The Labute approximate surface area is 106 Å². The van der Waals surface area contributed by atoms with Gasteiger partial charge in [-0.15, -0.1) is 0 Å². The van der Waals surface area contributed by atoms with Gasteiger partial charge in [-0.05, 0) is 25.0 Å². The first-order valence-electron chi connectivity index (χ1n) is 5.97. The van der Waals surface area contributed by atoms with Crippen molar-refractivity contribution in [3.63, 3.8) is 0 Å². The maximum Gasteiger partial charge on any atom is 0.188 e. The summed E-state index contributed by atoms with van der Waals surface area (Å²) in [4.78, 5) is 6.57. The molecule has 3 N–H and O–H groups in total. The lowest BCUT2D eigenvalue weighted by atomic mass is 10.1. The van der Waals surface area contributed by atoms with Gasteiger partial charge in [0.2, 0.25) is 0 Å². The summed E-state index contributed by atoms with van der Waals surface area (Å²) in [5, 5.41) is 11.6. The van der Waals surface area contributed by atoms with Crippen molar-refractivity contribution in [1.29, 1.82) is 0 Å². The van der Waals surface area contributed by atoms with Crippen LogP contribution in [0.2, 0.25) is 0 Å². The summed E-state index contributed by atoms with van der Waals surface area (Å²) >= 11 is 0. The second-order valence-electron chi connectivity index (χ2n) is 4.29. The van der Waals surface area contributed by atoms with Gasteiger partial charge >= 0.3 is 0 Å². The first kappa shape index (κ1) is 12.6. The van der Waals surface area contributed by atoms with E-state index in [1.807, 2.05) is 12.1 Å². The van der Waals surface area contributed by atoms with E-state index in [1.54, 1.807) is 13.2 Å². The maximum atomic E-state index is 8.65. The van der Waals surface area contributed by atoms with E-state index in [4.69, 9.17) is 15.7 Å². The number of oxime groups is 1. The van der Waals surface area contributed by atoms with Crippen LogP contribution in [0.1, 0.15) is 18.5 Å². The summed E-state index contributed by atoms with van der Waals surface area (Å²) in [5.74, 6) is 0.886. The fraction of sp³-hybridized carbons (Fsp3) is 0.500. The van der Waals surface area contributed by atoms with Crippen LogP contribution in [0, 0.1) is 0 Å². The third kappa shape index (κ3) is 2.70. The lowest BCUT2D eigenvalue weighted by Gasteiger charge is -2.32. The predicted molar refractivity (Wildman–Crippen MR) is 69.0 cm³/mol. The molecule has 0 aromatic carbocycles. The predicted octanol–water partition coefficient (Wildman–Crippen LogP) is 0.791. The van der Waals surface area contributed by atoms with Crippen LogP contribution in [0.3, 0.4) is 0 Å². The zero-order chi connectivity index (χ0) is 13.0. The van der Waals surface area contributed by atoms with Crippen molar-refractivity contribution in [3.8, 4) is 0 Å². The number of rotatable bonds is 3. The highest BCUT2D eigenvalue weighted by Crippen LogP contribution is 2.19. The Hall–Kier alpha value is -1.82. The second-order valence-corrected chi connectivity index (χ2v) is 4.29. The van der Waals surface area contributed by atoms with Crippen LogP contribution in [0.4, 0.5) is 5.82 Å². The second kappa shape index (κ2) is 5.68. The van der Waals surface area contributed by atoms with Crippen LogP contribution in [0.5, 0.6) is 0 Å². The van der Waals surface area contributed by atoms with Gasteiger partial charge in [0.25, 0.3) is 0 Å². The lowest BCUT2D eigenvalue weighted by molar-refractivity contribution is 0.0818. The lowest BCUT2D eigenvalue weighted by Crippen LogP contribution is -2.37. The van der Waals surface area contributed by atoms with Crippen LogP contribution in [-0.2, 0) is 4.74 Å². The molecule has 1 saturated heterocycles. The first-order valence-corrected chi connectivity index (χ1v) is 5.97. The maximum absolute atomic E-state index is 8.65. The molecule has 6 nitrogen and oxygen atoms in total. The highest BCUT2D eigenvalue weighted by atomic mass is 16.5. The molecule has 0 spiro atoms. The van der Waals surface area contributed by atoms with Crippen molar-refractivity contribution >= 4 is 11.7 Å². The molecule has 0 aliphatic carbocycles. The molecule has 1 aromatic heterocycles. The smallest absolute Gasteiger partial charge is 0.188 e. The minimum Gasteiger partial charge on any atom is -0.409 e. The van der Waals surface area contributed by atoms with Crippen molar-refractivity contribution in [1.82, 2.24) is 4.98 Å². The van der Waals surface area contributed by atoms with E-state index in [2.05, 4.69) is 15.0 Å². The molecule has 2 rings (SSSR count). The quantitative estimate of drug-likeness (QED) is 0.358. The zero-order valence-corrected chi connectivity index (χ0v) is 10.4. The third-order valence-corrected chi connectivity index (χ3v) is 3.20. The van der Waals surface area contributed by atoms with E-state index in [0.717, 1.165) is 31.7 Å². The molecular formula is C12H18N4O2. The number of amidine groups is 1. The Kier molecular flexibility index (Phi) is 3.99. The third-order valence-electron chi connectivity index (χ3n) is 3.20. The highest BCUT2D eigenvalue weighted by Gasteiger charge is 2.19. The molecule has 0 bridgehead atoms. The van der Waals surface area contributed by atoms with Gasteiger partial charge in [0.1, 0.15) is 11.5 Å². The van der Waals surface area contributed by atoms with Crippen molar-refractivity contribution in [2.45, 2.75) is 18.9 Å². The first-order chi connectivity index (χ1) is 8.74. The Morgan fingerprint density at radius 2 is 2.22 bits per heavy atom. The number of hydrogen-bond acceptors (Lipinski definition) is 5. The molecule has 98 valence electrons. The molecule has 1 fully saturated rings. The number of piperidine rings is 1. The minimum atomic E-state index is 0.0311. The van der Waals surface area contributed by atoms with Gasteiger partial charge in [-0.3, -0.25) is 0 Å². The number of anilines is 1. The van der Waals surface area contributed by atoms with E-state index in [-0.39, 0.29) is 5.84 Å². The number of ether oxygens (including phenoxy) is 1. The summed E-state index contributed by atoms with van der Waals surface area (Å²) in [6.45, 7) is 1.82. The van der Waals surface area contributed by atoms with Crippen molar-refractivity contribution in [3.05, 3.63) is 23.9 Å². The Bertz CT molecular complexity index is 428. The summed E-state index contributed by atoms with van der Waals surface area (Å²) in [6, 6.07) is 5.51. The molecule has 0 unspecified atom stereocenters. The van der Waals surface area contributed by atoms with Crippen LogP contribution in [0.15, 0.2) is 23.4 Å². The van der Waals surface area contributed by atoms with Gasteiger partial charge in [-0.25, -0.2) is 4.98 Å². The van der Waals surface area contributed by atoms with Gasteiger partial charge in [0.15, 0.2) is 5.84 Å². The summed E-state index contributed by atoms with van der Waals surface area (Å²) < 4.78 is 5.34. The number of hydrogen-bond donors (Lipinski definition) is 2. The van der Waals surface area contributed by atoms with E-state index in [0.29, 0.717) is 11.8 Å². The molecule has 0 atom stereocenters. The molecule has 6 heteroatoms. The van der Waals surface area contributed by atoms with Crippen LogP contribution >= 0.6 is 0 Å². The van der Waals surface area contributed by atoms with Crippen molar-refractivity contribution in [2.75, 3.05) is 25.1 Å². The summed E-state index contributed by atoms with van der Waals surface area (Å²) in [7, 11) is 1.75. The Morgan fingerprint density at radius 3 is 2.83 bits per heavy atom. The molecule has 1 aliphatic heterocycles. The number of aromatic nitrogens is 1. The molecule has 0 radical (unpaired) electrons. The van der Waals surface area contributed by atoms with Crippen LogP contribution in [0.25, 0.3) is 0 Å². The molecule has 2 heterocycles. The van der Waals surface area contributed by atoms with Crippen molar-refractivity contribution in [2.24, 2.45) is 10.9 Å². The number of pyridine rings is 1. The molecular weight excluding hydrogens is 232 g/mol. The average Bonchev–Trinajstić information content (AvgIpc) is 2.46. The van der Waals surface area contributed by atoms with Crippen LogP contribution < -0.4 is 10.6 Å². The Balaban J connectivity index is 2.10. The van der Waals surface area contributed by atoms with Gasteiger partial charge in [-0.2, -0.15) is 0 Å². The van der Waals surface area contributed by atoms with Gasteiger partial charge < -0.3 is 20.6 Å². The zero-order valence-electron chi connectivity index (χ0n) is 10.4. The molecule has 1 aromatic rings. The van der Waals surface area contributed by atoms with Crippen molar-refractivity contribution < 1.29 is 9.94 Å². The van der Waals surface area contributed by atoms with Gasteiger partial charge in [0.05, 0.1) is 6.10 Å². The van der Waals surface area contributed by atoms with E-state index in [9.17, 15) is 0 Å². The van der Waals surface area contributed by atoms with E-state index >= 15 is 0 Å².